The predicted octanol–water partition coefficient (Wildman–Crippen LogP) is 1.61. The molecule has 0 bridgehead atoms. The first-order chi connectivity index (χ1) is 8.04. The molecule has 0 saturated carbocycles. The van der Waals surface area contributed by atoms with Crippen LogP contribution < -0.4 is 0 Å². The molecule has 1 atom stereocenters. The molecule has 17 heavy (non-hydrogen) atoms. The second-order valence-electron chi connectivity index (χ2n) is 3.58. The van der Waals surface area contributed by atoms with Gasteiger partial charge >= 0.3 is 12.1 Å². The maximum atomic E-state index is 11.6. The molecule has 0 spiro atoms. The number of ether oxygens (including phenoxy) is 1. The summed E-state index contributed by atoms with van der Waals surface area (Å²) in [7, 11) is 0. The average Bonchev–Trinajstić information content (AvgIpc) is 2.29. The molecule has 0 unspecified atom stereocenters. The number of carboxylic acid groups (broad SMARTS) is 1. The van der Waals surface area contributed by atoms with E-state index in [1.54, 1.807) is 0 Å². The van der Waals surface area contributed by atoms with Gasteiger partial charge in [-0.3, -0.25) is 4.90 Å². The Balaban J connectivity index is 4.40. The number of nitriles is 1. The molecule has 0 aromatic heterocycles. The van der Waals surface area contributed by atoms with Gasteiger partial charge in [-0.05, 0) is 13.3 Å². The quantitative estimate of drug-likeness (QED) is 0.685. The second kappa shape index (κ2) is 8.39. The standard InChI is InChI=1S/C11H18N2O4/c1-3-4-8-17-11(16)13(7-5-6-12)9(2)10(14)15/h9H,3-5,7-8H2,1-2H3,(H,14,15)/t9-/m1/s1. The monoisotopic (exact) mass is 242 g/mol. The van der Waals surface area contributed by atoms with Crippen LogP contribution >= 0.6 is 0 Å². The van der Waals surface area contributed by atoms with E-state index in [4.69, 9.17) is 15.1 Å². The Labute approximate surface area is 101 Å². The van der Waals surface area contributed by atoms with Crippen LogP contribution in [0.5, 0.6) is 0 Å². The van der Waals surface area contributed by atoms with Crippen LogP contribution in [0.4, 0.5) is 4.79 Å². The normalized spacial score (nSPS) is 11.4. The van der Waals surface area contributed by atoms with E-state index < -0.39 is 18.1 Å². The number of rotatable bonds is 7. The number of carbonyl (C=O) groups excluding carboxylic acids is 1. The lowest BCUT2D eigenvalue weighted by Crippen LogP contribution is -2.44. The van der Waals surface area contributed by atoms with Crippen molar-refractivity contribution in [1.82, 2.24) is 4.90 Å². The summed E-state index contributed by atoms with van der Waals surface area (Å²) in [6.45, 7) is 3.68. The lowest BCUT2D eigenvalue weighted by Gasteiger charge is -2.24. The van der Waals surface area contributed by atoms with Gasteiger partial charge in [0, 0.05) is 6.54 Å². The van der Waals surface area contributed by atoms with Crippen molar-refractivity contribution in [3.8, 4) is 6.07 Å². The SMILES string of the molecule is CCCCOC(=O)N(CCC#N)[C@H](C)C(=O)O. The number of nitrogens with zero attached hydrogens (tertiary/aromatic N) is 2. The van der Waals surface area contributed by atoms with Crippen LogP contribution in [-0.4, -0.2) is 41.3 Å². The van der Waals surface area contributed by atoms with Crippen LogP contribution in [0.3, 0.4) is 0 Å². The Morgan fingerprint density at radius 1 is 1.53 bits per heavy atom. The Morgan fingerprint density at radius 3 is 2.65 bits per heavy atom. The highest BCUT2D eigenvalue weighted by atomic mass is 16.6. The number of carbonyl (C=O) groups is 2. The van der Waals surface area contributed by atoms with Gasteiger partial charge in [-0.1, -0.05) is 13.3 Å². The molecule has 0 fully saturated rings. The molecular weight excluding hydrogens is 224 g/mol. The molecule has 0 aromatic rings. The first-order valence-corrected chi connectivity index (χ1v) is 5.57. The Kier molecular flexibility index (Phi) is 7.52. The third kappa shape index (κ3) is 5.76. The zero-order chi connectivity index (χ0) is 13.3. The van der Waals surface area contributed by atoms with E-state index in [0.717, 1.165) is 17.7 Å². The van der Waals surface area contributed by atoms with Crippen molar-refractivity contribution in [2.24, 2.45) is 0 Å². The first kappa shape index (κ1) is 15.2. The van der Waals surface area contributed by atoms with Gasteiger partial charge in [0.05, 0.1) is 19.1 Å². The summed E-state index contributed by atoms with van der Waals surface area (Å²) in [6, 6.07) is 0.883. The van der Waals surface area contributed by atoms with E-state index in [2.05, 4.69) is 0 Å². The number of amides is 1. The highest BCUT2D eigenvalue weighted by molar-refractivity contribution is 5.79. The topological polar surface area (TPSA) is 90.6 Å². The Morgan fingerprint density at radius 2 is 2.18 bits per heavy atom. The molecule has 96 valence electrons. The number of aliphatic carboxylic acids is 1. The van der Waals surface area contributed by atoms with Gasteiger partial charge < -0.3 is 9.84 Å². The third-order valence-electron chi connectivity index (χ3n) is 2.25. The minimum Gasteiger partial charge on any atom is -0.480 e. The van der Waals surface area contributed by atoms with Crippen molar-refractivity contribution in [2.75, 3.05) is 13.2 Å². The lowest BCUT2D eigenvalue weighted by atomic mass is 10.3. The fraction of sp³-hybridized carbons (Fsp3) is 0.727. The summed E-state index contributed by atoms with van der Waals surface area (Å²) in [5.74, 6) is -1.12. The summed E-state index contributed by atoms with van der Waals surface area (Å²) in [5.41, 5.74) is 0. The smallest absolute Gasteiger partial charge is 0.410 e. The fourth-order valence-electron chi connectivity index (χ4n) is 1.13. The summed E-state index contributed by atoms with van der Waals surface area (Å²) in [4.78, 5) is 23.5. The summed E-state index contributed by atoms with van der Waals surface area (Å²) in [5, 5.41) is 17.3. The molecule has 1 N–H and O–H groups in total. The van der Waals surface area contributed by atoms with Gasteiger partial charge in [-0.15, -0.1) is 0 Å². The number of unbranched alkanes of at least 4 members (excludes halogenated alkanes) is 1. The van der Waals surface area contributed by atoms with Crippen LogP contribution in [0.25, 0.3) is 0 Å². The van der Waals surface area contributed by atoms with Crippen molar-refractivity contribution in [3.05, 3.63) is 0 Å². The van der Waals surface area contributed by atoms with E-state index in [1.807, 2.05) is 13.0 Å². The summed E-state index contributed by atoms with van der Waals surface area (Å²) in [6.07, 6.45) is 1.03. The van der Waals surface area contributed by atoms with E-state index in [-0.39, 0.29) is 19.6 Å². The van der Waals surface area contributed by atoms with Gasteiger partial charge in [0.25, 0.3) is 0 Å². The molecule has 0 aliphatic carbocycles. The van der Waals surface area contributed by atoms with Crippen LogP contribution in [0, 0.1) is 11.3 Å². The van der Waals surface area contributed by atoms with Crippen molar-refractivity contribution in [3.63, 3.8) is 0 Å². The molecule has 0 heterocycles. The van der Waals surface area contributed by atoms with E-state index in [9.17, 15) is 9.59 Å². The highest BCUT2D eigenvalue weighted by Crippen LogP contribution is 2.05. The van der Waals surface area contributed by atoms with Crippen molar-refractivity contribution < 1.29 is 19.4 Å². The third-order valence-corrected chi connectivity index (χ3v) is 2.25. The molecular formula is C11H18N2O4. The first-order valence-electron chi connectivity index (χ1n) is 5.57. The maximum absolute atomic E-state index is 11.6. The molecule has 0 saturated heterocycles. The molecule has 0 aromatic carbocycles. The zero-order valence-electron chi connectivity index (χ0n) is 10.2. The number of carboxylic acids is 1. The molecule has 0 aliphatic heterocycles. The van der Waals surface area contributed by atoms with Crippen LogP contribution in [0.15, 0.2) is 0 Å². The van der Waals surface area contributed by atoms with Crippen LogP contribution in [-0.2, 0) is 9.53 Å². The van der Waals surface area contributed by atoms with Crippen molar-refractivity contribution in [2.45, 2.75) is 39.2 Å². The summed E-state index contributed by atoms with van der Waals surface area (Å²) < 4.78 is 4.93. The van der Waals surface area contributed by atoms with Gasteiger partial charge in [0.2, 0.25) is 0 Å². The lowest BCUT2D eigenvalue weighted by molar-refractivity contribution is -0.142. The van der Waals surface area contributed by atoms with E-state index >= 15 is 0 Å². The summed E-state index contributed by atoms with van der Waals surface area (Å²) >= 11 is 0. The highest BCUT2D eigenvalue weighted by Gasteiger charge is 2.26. The molecule has 6 heteroatoms. The predicted molar refractivity (Wildman–Crippen MR) is 60.3 cm³/mol. The Bertz CT molecular complexity index is 298. The molecule has 0 radical (unpaired) electrons. The van der Waals surface area contributed by atoms with Crippen LogP contribution in [0.2, 0.25) is 0 Å². The molecule has 0 aliphatic rings. The van der Waals surface area contributed by atoms with Gasteiger partial charge in [-0.25, -0.2) is 9.59 Å². The number of hydrogen-bond acceptors (Lipinski definition) is 4. The van der Waals surface area contributed by atoms with Crippen molar-refractivity contribution >= 4 is 12.1 Å². The second-order valence-corrected chi connectivity index (χ2v) is 3.58. The zero-order valence-corrected chi connectivity index (χ0v) is 10.2. The number of hydrogen-bond donors (Lipinski definition) is 1. The van der Waals surface area contributed by atoms with Gasteiger partial charge in [-0.2, -0.15) is 5.26 Å². The van der Waals surface area contributed by atoms with Crippen molar-refractivity contribution in [1.29, 1.82) is 5.26 Å². The maximum Gasteiger partial charge on any atom is 0.410 e. The minimum absolute atomic E-state index is 0.0644. The largest absolute Gasteiger partial charge is 0.480 e. The fourth-order valence-corrected chi connectivity index (χ4v) is 1.13. The van der Waals surface area contributed by atoms with E-state index in [0.29, 0.717) is 0 Å². The minimum atomic E-state index is -1.12. The van der Waals surface area contributed by atoms with Gasteiger partial charge in [0.1, 0.15) is 6.04 Å². The Hall–Kier alpha value is -1.77. The molecule has 1 amide bonds. The van der Waals surface area contributed by atoms with Gasteiger partial charge in [0.15, 0.2) is 0 Å². The molecule has 6 nitrogen and oxygen atoms in total. The molecule has 0 rings (SSSR count). The average molecular weight is 242 g/mol. The van der Waals surface area contributed by atoms with Crippen LogP contribution in [0.1, 0.15) is 33.1 Å². The van der Waals surface area contributed by atoms with E-state index in [1.165, 1.54) is 6.92 Å².